The van der Waals surface area contributed by atoms with Crippen LogP contribution in [-0.4, -0.2) is 12.1 Å². The van der Waals surface area contributed by atoms with Gasteiger partial charge in [-0.15, -0.1) is 0 Å². The molecule has 1 fully saturated rings. The molecule has 2 aliphatic rings. The summed E-state index contributed by atoms with van der Waals surface area (Å²) in [5.74, 6) is 0.848. The van der Waals surface area contributed by atoms with Crippen LogP contribution in [0.25, 0.3) is 5.57 Å². The van der Waals surface area contributed by atoms with Gasteiger partial charge in [0.05, 0.1) is 6.26 Å². The highest BCUT2D eigenvalue weighted by atomic mass is 16.5. The normalized spacial score (nSPS) is 26.5. The minimum Gasteiger partial charge on any atom is -0.466 e. The number of hydrogen-bond donors (Lipinski definition) is 1. The van der Waals surface area contributed by atoms with Crippen molar-refractivity contribution in [2.24, 2.45) is 0 Å². The van der Waals surface area contributed by atoms with Crippen molar-refractivity contribution in [1.29, 1.82) is 0 Å². The number of benzene rings is 1. The van der Waals surface area contributed by atoms with Gasteiger partial charge in [-0.3, -0.25) is 0 Å². The standard InChI is InChI=1S/C15H17NO/c1-2-17-15-7-3-11(4-8-15)12-9-13-5-6-14(10-12)16-13/h2-4,7-9,13-14,16H,1,5-6,10H2. The van der Waals surface area contributed by atoms with Crippen molar-refractivity contribution in [3.05, 3.63) is 48.7 Å². The van der Waals surface area contributed by atoms with Gasteiger partial charge in [0.2, 0.25) is 0 Å². The second-order valence-electron chi connectivity index (χ2n) is 4.75. The van der Waals surface area contributed by atoms with Gasteiger partial charge in [0, 0.05) is 12.1 Å². The van der Waals surface area contributed by atoms with Gasteiger partial charge in [0.15, 0.2) is 0 Å². The van der Waals surface area contributed by atoms with Crippen LogP contribution in [0.4, 0.5) is 0 Å². The molecule has 2 atom stereocenters. The zero-order valence-corrected chi connectivity index (χ0v) is 9.86. The third-order valence-corrected chi connectivity index (χ3v) is 3.59. The molecule has 1 N–H and O–H groups in total. The maximum Gasteiger partial charge on any atom is 0.126 e. The van der Waals surface area contributed by atoms with E-state index in [9.17, 15) is 0 Å². The van der Waals surface area contributed by atoms with Gasteiger partial charge >= 0.3 is 0 Å². The lowest BCUT2D eigenvalue weighted by Crippen LogP contribution is -2.31. The first-order valence-corrected chi connectivity index (χ1v) is 6.20. The third-order valence-electron chi connectivity index (χ3n) is 3.59. The Balaban J connectivity index is 1.82. The van der Waals surface area contributed by atoms with Crippen LogP contribution in [-0.2, 0) is 0 Å². The molecule has 0 aromatic heterocycles. The molecule has 1 aromatic rings. The van der Waals surface area contributed by atoms with Crippen LogP contribution in [0.1, 0.15) is 24.8 Å². The van der Waals surface area contributed by atoms with Crippen LogP contribution in [0.15, 0.2) is 43.2 Å². The molecule has 2 heterocycles. The maximum absolute atomic E-state index is 5.23. The summed E-state index contributed by atoms with van der Waals surface area (Å²) in [5, 5.41) is 3.61. The Morgan fingerprint density at radius 3 is 2.76 bits per heavy atom. The second-order valence-corrected chi connectivity index (χ2v) is 4.75. The number of fused-ring (bicyclic) bond motifs is 2. The Morgan fingerprint density at radius 2 is 2.06 bits per heavy atom. The molecule has 0 aliphatic carbocycles. The molecule has 88 valence electrons. The molecule has 17 heavy (non-hydrogen) atoms. The maximum atomic E-state index is 5.23. The van der Waals surface area contributed by atoms with Gasteiger partial charge in [-0.2, -0.15) is 0 Å². The van der Waals surface area contributed by atoms with E-state index in [4.69, 9.17) is 4.74 Å². The molecular formula is C15H17NO. The molecule has 2 heteroatoms. The summed E-state index contributed by atoms with van der Waals surface area (Å²) < 4.78 is 5.23. The third kappa shape index (κ3) is 2.13. The predicted molar refractivity (Wildman–Crippen MR) is 69.8 cm³/mol. The minimum absolute atomic E-state index is 0.591. The van der Waals surface area contributed by atoms with E-state index in [1.54, 1.807) is 0 Å². The van der Waals surface area contributed by atoms with Gasteiger partial charge in [-0.1, -0.05) is 24.8 Å². The van der Waals surface area contributed by atoms with Crippen molar-refractivity contribution in [1.82, 2.24) is 5.32 Å². The fourth-order valence-electron chi connectivity index (χ4n) is 2.78. The molecule has 1 saturated heterocycles. The van der Waals surface area contributed by atoms with E-state index in [0.717, 1.165) is 12.2 Å². The molecular weight excluding hydrogens is 210 g/mol. The van der Waals surface area contributed by atoms with Crippen LogP contribution >= 0.6 is 0 Å². The second kappa shape index (κ2) is 4.38. The van der Waals surface area contributed by atoms with Gasteiger partial charge in [0.25, 0.3) is 0 Å². The van der Waals surface area contributed by atoms with E-state index >= 15 is 0 Å². The smallest absolute Gasteiger partial charge is 0.126 e. The van der Waals surface area contributed by atoms with E-state index in [1.807, 2.05) is 12.1 Å². The number of ether oxygens (including phenoxy) is 1. The van der Waals surface area contributed by atoms with E-state index in [0.29, 0.717) is 12.1 Å². The lowest BCUT2D eigenvalue weighted by Gasteiger charge is -2.21. The molecule has 1 aromatic carbocycles. The first kappa shape index (κ1) is 10.6. The fraction of sp³-hybridized carbons (Fsp3) is 0.333. The summed E-state index contributed by atoms with van der Waals surface area (Å²) in [4.78, 5) is 0. The fourth-order valence-corrected chi connectivity index (χ4v) is 2.78. The zero-order valence-electron chi connectivity index (χ0n) is 9.86. The topological polar surface area (TPSA) is 21.3 Å². The van der Waals surface area contributed by atoms with Crippen molar-refractivity contribution in [2.75, 3.05) is 0 Å². The number of nitrogens with one attached hydrogen (secondary N) is 1. The minimum atomic E-state index is 0.591. The van der Waals surface area contributed by atoms with Crippen molar-refractivity contribution in [3.8, 4) is 5.75 Å². The largest absolute Gasteiger partial charge is 0.466 e. The summed E-state index contributed by atoms with van der Waals surface area (Å²) in [6, 6.07) is 9.55. The van der Waals surface area contributed by atoms with Crippen LogP contribution in [0, 0.1) is 0 Å². The Kier molecular flexibility index (Phi) is 2.73. The molecule has 3 rings (SSSR count). The van der Waals surface area contributed by atoms with Gasteiger partial charge < -0.3 is 10.1 Å². The molecule has 0 amide bonds. The summed E-state index contributed by atoms with van der Waals surface area (Å²) >= 11 is 0. The quantitative estimate of drug-likeness (QED) is 0.801. The first-order valence-electron chi connectivity index (χ1n) is 6.20. The molecule has 0 radical (unpaired) electrons. The first-order chi connectivity index (χ1) is 8.35. The summed E-state index contributed by atoms with van der Waals surface area (Å²) in [6.45, 7) is 3.55. The summed E-state index contributed by atoms with van der Waals surface area (Å²) in [7, 11) is 0. The molecule has 0 saturated carbocycles. The van der Waals surface area contributed by atoms with Crippen molar-refractivity contribution >= 4 is 5.57 Å². The van der Waals surface area contributed by atoms with E-state index < -0.39 is 0 Å². The average Bonchev–Trinajstić information content (AvgIpc) is 2.70. The van der Waals surface area contributed by atoms with E-state index in [1.165, 1.54) is 30.2 Å². The van der Waals surface area contributed by atoms with Crippen molar-refractivity contribution < 1.29 is 4.74 Å². The Bertz CT molecular complexity index is 446. The molecule has 2 aliphatic heterocycles. The highest BCUT2D eigenvalue weighted by molar-refractivity contribution is 5.68. The monoisotopic (exact) mass is 227 g/mol. The van der Waals surface area contributed by atoms with Gasteiger partial charge in [-0.25, -0.2) is 0 Å². The number of hydrogen-bond acceptors (Lipinski definition) is 2. The Labute approximate surface area is 102 Å². The van der Waals surface area contributed by atoms with E-state index in [2.05, 4.69) is 30.1 Å². The van der Waals surface area contributed by atoms with Crippen LogP contribution < -0.4 is 10.1 Å². The highest BCUT2D eigenvalue weighted by Crippen LogP contribution is 2.32. The van der Waals surface area contributed by atoms with E-state index in [-0.39, 0.29) is 0 Å². The average molecular weight is 227 g/mol. The van der Waals surface area contributed by atoms with Crippen molar-refractivity contribution in [2.45, 2.75) is 31.3 Å². The lowest BCUT2D eigenvalue weighted by molar-refractivity contribution is 0.483. The van der Waals surface area contributed by atoms with Crippen LogP contribution in [0.2, 0.25) is 0 Å². The Morgan fingerprint density at radius 1 is 1.24 bits per heavy atom. The molecule has 2 bridgehead atoms. The molecule has 2 nitrogen and oxygen atoms in total. The SMILES string of the molecule is C=COc1ccc(C2=CC3CCC(C2)N3)cc1. The molecule has 2 unspecified atom stereocenters. The summed E-state index contributed by atoms with van der Waals surface area (Å²) in [6.07, 6.45) is 7.58. The van der Waals surface area contributed by atoms with Crippen molar-refractivity contribution in [3.63, 3.8) is 0 Å². The molecule has 0 spiro atoms. The van der Waals surface area contributed by atoms with Gasteiger partial charge in [0.1, 0.15) is 5.75 Å². The predicted octanol–water partition coefficient (Wildman–Crippen LogP) is 3.12. The Hall–Kier alpha value is -1.54. The zero-order chi connectivity index (χ0) is 11.7. The van der Waals surface area contributed by atoms with Gasteiger partial charge in [-0.05, 0) is 42.5 Å². The summed E-state index contributed by atoms with van der Waals surface area (Å²) in [5.41, 5.74) is 2.79. The van der Waals surface area contributed by atoms with Crippen LogP contribution in [0.5, 0.6) is 5.75 Å². The van der Waals surface area contributed by atoms with Crippen LogP contribution in [0.3, 0.4) is 0 Å². The highest BCUT2D eigenvalue weighted by Gasteiger charge is 2.28. The lowest BCUT2D eigenvalue weighted by atomic mass is 9.96. The number of rotatable bonds is 3.